The van der Waals surface area contributed by atoms with Crippen LogP contribution >= 0.6 is 0 Å². The molecule has 1 atom stereocenters. The summed E-state index contributed by atoms with van der Waals surface area (Å²) in [7, 11) is 4.46. The molecule has 11 heteroatoms. The summed E-state index contributed by atoms with van der Waals surface area (Å²) in [5.74, 6) is -0.337. The van der Waals surface area contributed by atoms with E-state index in [1.807, 2.05) is 0 Å². The minimum atomic E-state index is -1.21. The highest BCUT2D eigenvalue weighted by Gasteiger charge is 2.28. The molecule has 0 spiro atoms. The van der Waals surface area contributed by atoms with Crippen LogP contribution in [0.25, 0.3) is 6.08 Å². The highest BCUT2D eigenvalue weighted by atomic mass is 16.5. The van der Waals surface area contributed by atoms with E-state index >= 15 is 0 Å². The molecule has 1 aliphatic rings. The molecule has 0 saturated heterocycles. The Morgan fingerprint density at radius 1 is 0.975 bits per heavy atom. The molecule has 0 saturated carbocycles. The second-order valence-corrected chi connectivity index (χ2v) is 8.67. The topological polar surface area (TPSA) is 150 Å². The maximum atomic E-state index is 12.9. The largest absolute Gasteiger partial charge is 0.508 e. The summed E-state index contributed by atoms with van der Waals surface area (Å²) in [6.07, 6.45) is 1.57. The number of aliphatic carboxylic acids is 1. The second kappa shape index (κ2) is 12.1. The highest BCUT2D eigenvalue weighted by molar-refractivity contribution is 6.14. The average molecular weight is 550 g/mol. The summed E-state index contributed by atoms with van der Waals surface area (Å²) in [5, 5.41) is 21.3. The minimum absolute atomic E-state index is 0.0250. The van der Waals surface area contributed by atoms with Crippen molar-refractivity contribution in [1.82, 2.24) is 5.32 Å². The number of ketones is 1. The van der Waals surface area contributed by atoms with E-state index in [1.54, 1.807) is 30.3 Å². The van der Waals surface area contributed by atoms with Gasteiger partial charge in [0, 0.05) is 12.5 Å². The molecule has 0 aliphatic carbocycles. The molecule has 208 valence electrons. The number of ether oxygens (including phenoxy) is 5. The molecule has 1 heterocycles. The van der Waals surface area contributed by atoms with Crippen molar-refractivity contribution in [1.29, 1.82) is 0 Å². The zero-order valence-electron chi connectivity index (χ0n) is 21.9. The van der Waals surface area contributed by atoms with E-state index in [4.69, 9.17) is 23.7 Å². The van der Waals surface area contributed by atoms with Crippen LogP contribution in [0.2, 0.25) is 0 Å². The Labute approximate surface area is 229 Å². The third-order valence-corrected chi connectivity index (χ3v) is 6.01. The predicted octanol–water partition coefficient (Wildman–Crippen LogP) is 3.23. The van der Waals surface area contributed by atoms with E-state index in [0.29, 0.717) is 33.9 Å². The molecular formula is C29H27NO10. The van der Waals surface area contributed by atoms with Crippen LogP contribution in [0.1, 0.15) is 21.5 Å². The standard InChI is InChI=1S/C29H27NO10/c1-36-24-12-17(13-25(37-2)28(24)38-3)11-23-27(33)20-9-8-19(14-22(20)40-23)39-15-26(32)30-21(29(34)35)10-16-4-6-18(31)7-5-16/h4-9,11-14,21,31H,10,15H2,1-3H3,(H,30,32)(H,34,35). The molecule has 0 radical (unpaired) electrons. The van der Waals surface area contributed by atoms with Crippen LogP contribution in [0.5, 0.6) is 34.5 Å². The Balaban J connectivity index is 1.41. The molecule has 40 heavy (non-hydrogen) atoms. The van der Waals surface area contributed by atoms with Crippen molar-refractivity contribution in [2.45, 2.75) is 12.5 Å². The molecule has 1 amide bonds. The van der Waals surface area contributed by atoms with Crippen molar-refractivity contribution in [2.24, 2.45) is 0 Å². The van der Waals surface area contributed by atoms with Gasteiger partial charge in [0.1, 0.15) is 23.3 Å². The maximum Gasteiger partial charge on any atom is 0.326 e. The number of fused-ring (bicyclic) bond motifs is 1. The molecule has 3 aromatic rings. The van der Waals surface area contributed by atoms with E-state index in [0.717, 1.165) is 0 Å². The van der Waals surface area contributed by atoms with E-state index in [2.05, 4.69) is 5.32 Å². The monoisotopic (exact) mass is 549 g/mol. The van der Waals surface area contributed by atoms with Crippen molar-refractivity contribution in [3.8, 4) is 34.5 Å². The molecule has 0 fully saturated rings. The van der Waals surface area contributed by atoms with Crippen molar-refractivity contribution in [3.05, 3.63) is 77.0 Å². The van der Waals surface area contributed by atoms with E-state index < -0.39 is 24.5 Å². The first-order valence-electron chi connectivity index (χ1n) is 12.0. The van der Waals surface area contributed by atoms with Crippen LogP contribution in [-0.2, 0) is 16.0 Å². The summed E-state index contributed by atoms with van der Waals surface area (Å²) >= 11 is 0. The first kappa shape index (κ1) is 27.8. The average Bonchev–Trinajstić information content (AvgIpc) is 3.25. The van der Waals surface area contributed by atoms with E-state index in [9.17, 15) is 24.6 Å². The van der Waals surface area contributed by atoms with Gasteiger partial charge < -0.3 is 39.2 Å². The van der Waals surface area contributed by atoms with Crippen LogP contribution in [0, 0.1) is 0 Å². The van der Waals surface area contributed by atoms with Gasteiger partial charge in [-0.05, 0) is 53.6 Å². The normalized spacial score (nSPS) is 13.7. The van der Waals surface area contributed by atoms with Gasteiger partial charge in [0.15, 0.2) is 23.9 Å². The lowest BCUT2D eigenvalue weighted by molar-refractivity contribution is -0.142. The third-order valence-electron chi connectivity index (χ3n) is 6.01. The Bertz CT molecular complexity index is 1440. The molecule has 4 rings (SSSR count). The van der Waals surface area contributed by atoms with Crippen molar-refractivity contribution in [3.63, 3.8) is 0 Å². The number of hydrogen-bond acceptors (Lipinski definition) is 9. The number of phenolic OH excluding ortho intramolecular Hbond substituents is 1. The number of benzene rings is 3. The van der Waals surface area contributed by atoms with Crippen LogP contribution in [0.3, 0.4) is 0 Å². The molecule has 1 aliphatic heterocycles. The molecular weight excluding hydrogens is 522 g/mol. The minimum Gasteiger partial charge on any atom is -0.508 e. The Kier molecular flexibility index (Phi) is 8.43. The molecule has 3 N–H and O–H groups in total. The fraction of sp³-hybridized carbons (Fsp3) is 0.207. The number of nitrogens with one attached hydrogen (secondary N) is 1. The fourth-order valence-electron chi connectivity index (χ4n) is 4.05. The lowest BCUT2D eigenvalue weighted by Gasteiger charge is -2.15. The quantitative estimate of drug-likeness (QED) is 0.304. The van der Waals surface area contributed by atoms with Gasteiger partial charge in [-0.2, -0.15) is 0 Å². The number of carbonyl (C=O) groups excluding carboxylic acids is 2. The first-order chi connectivity index (χ1) is 19.2. The van der Waals surface area contributed by atoms with Gasteiger partial charge >= 0.3 is 5.97 Å². The number of Topliss-reactive ketones (excluding diaryl/α,β-unsaturated/α-hetero) is 1. The lowest BCUT2D eigenvalue weighted by atomic mass is 10.1. The van der Waals surface area contributed by atoms with E-state index in [-0.39, 0.29) is 35.2 Å². The fourth-order valence-corrected chi connectivity index (χ4v) is 4.05. The highest BCUT2D eigenvalue weighted by Crippen LogP contribution is 2.40. The first-order valence-corrected chi connectivity index (χ1v) is 12.0. The van der Waals surface area contributed by atoms with Crippen molar-refractivity contribution >= 4 is 23.7 Å². The molecule has 0 aromatic heterocycles. The third kappa shape index (κ3) is 6.26. The number of carbonyl (C=O) groups is 3. The van der Waals surface area contributed by atoms with Crippen LogP contribution < -0.4 is 29.0 Å². The van der Waals surface area contributed by atoms with Crippen LogP contribution in [-0.4, -0.2) is 61.9 Å². The second-order valence-electron chi connectivity index (χ2n) is 8.67. The number of phenols is 1. The summed E-state index contributed by atoms with van der Waals surface area (Å²) in [6, 6.07) is 12.7. The zero-order chi connectivity index (χ0) is 28.8. The SMILES string of the molecule is COc1cc(C=C2Oc3cc(OCC(=O)NC(Cc4ccc(O)cc4)C(=O)O)ccc3C2=O)cc(OC)c1OC. The number of hydrogen-bond donors (Lipinski definition) is 3. The van der Waals surface area contributed by atoms with Gasteiger partial charge in [-0.1, -0.05) is 12.1 Å². The number of allylic oxidation sites excluding steroid dienone is 1. The number of amides is 1. The Hall–Kier alpha value is -5.19. The zero-order valence-corrected chi connectivity index (χ0v) is 21.9. The Morgan fingerprint density at radius 2 is 1.65 bits per heavy atom. The van der Waals surface area contributed by atoms with Gasteiger partial charge in [0.2, 0.25) is 11.5 Å². The summed E-state index contributed by atoms with van der Waals surface area (Å²) in [5.41, 5.74) is 1.52. The number of carboxylic acids is 1. The van der Waals surface area contributed by atoms with Gasteiger partial charge in [-0.15, -0.1) is 0 Å². The van der Waals surface area contributed by atoms with E-state index in [1.165, 1.54) is 51.7 Å². The summed E-state index contributed by atoms with van der Waals surface area (Å²) < 4.78 is 27.3. The van der Waals surface area contributed by atoms with Crippen molar-refractivity contribution in [2.75, 3.05) is 27.9 Å². The maximum absolute atomic E-state index is 12.9. The number of rotatable bonds is 11. The number of aromatic hydroxyl groups is 1. The van der Waals surface area contributed by atoms with Gasteiger partial charge in [0.25, 0.3) is 5.91 Å². The van der Waals surface area contributed by atoms with Gasteiger partial charge in [0.05, 0.1) is 26.9 Å². The smallest absolute Gasteiger partial charge is 0.326 e. The van der Waals surface area contributed by atoms with Gasteiger partial charge in [-0.3, -0.25) is 9.59 Å². The van der Waals surface area contributed by atoms with Gasteiger partial charge in [-0.25, -0.2) is 4.79 Å². The number of methoxy groups -OCH3 is 3. The lowest BCUT2D eigenvalue weighted by Crippen LogP contribution is -2.44. The molecule has 0 bridgehead atoms. The summed E-state index contributed by atoms with van der Waals surface area (Å²) in [4.78, 5) is 36.9. The molecule has 1 unspecified atom stereocenters. The molecule has 3 aromatic carbocycles. The van der Waals surface area contributed by atoms with Crippen LogP contribution in [0.15, 0.2) is 60.4 Å². The Morgan fingerprint density at radius 3 is 2.25 bits per heavy atom. The van der Waals surface area contributed by atoms with Crippen LogP contribution in [0.4, 0.5) is 0 Å². The van der Waals surface area contributed by atoms with Crippen molar-refractivity contribution < 1.29 is 48.3 Å². The summed E-state index contributed by atoms with van der Waals surface area (Å²) in [6.45, 7) is -0.458. The predicted molar refractivity (Wildman–Crippen MR) is 142 cm³/mol. The molecule has 11 nitrogen and oxygen atoms in total. The number of carboxylic acid groups (broad SMARTS) is 1.